The first kappa shape index (κ1) is 21.4. The molecule has 1 atom stereocenters. The van der Waals surface area contributed by atoms with Crippen LogP contribution in [0.15, 0.2) is 18.3 Å². The summed E-state index contributed by atoms with van der Waals surface area (Å²) in [5, 5.41) is 7.81. The van der Waals surface area contributed by atoms with Gasteiger partial charge in [-0.3, -0.25) is 14.3 Å². The molecule has 0 spiro atoms. The van der Waals surface area contributed by atoms with E-state index < -0.39 is 0 Å². The lowest BCUT2D eigenvalue weighted by Crippen LogP contribution is -2.38. The monoisotopic (exact) mass is 466 g/mol. The number of aryl methyl sites for hydroxylation is 2. The SMILES string of the molecule is Cc1nc2c([nH]1)/C=C1\C(=O)Nc3c(Cl)cc(cc31)-c1cn(C)nc1COC[C@@H](C)N(C)C2=O. The van der Waals surface area contributed by atoms with Crippen molar-refractivity contribution in [1.82, 2.24) is 24.6 Å². The summed E-state index contributed by atoms with van der Waals surface area (Å²) < 4.78 is 7.66. The predicted molar refractivity (Wildman–Crippen MR) is 125 cm³/mol. The molecule has 2 bridgehead atoms. The van der Waals surface area contributed by atoms with Crippen LogP contribution < -0.4 is 5.32 Å². The summed E-state index contributed by atoms with van der Waals surface area (Å²) in [7, 11) is 3.55. The zero-order valence-electron chi connectivity index (χ0n) is 18.7. The zero-order valence-corrected chi connectivity index (χ0v) is 19.4. The molecule has 0 saturated carbocycles. The second-order valence-electron chi connectivity index (χ2n) is 8.42. The maximum atomic E-state index is 13.2. The number of nitrogens with one attached hydrogen (secondary N) is 2. The number of benzene rings is 1. The fraction of sp³-hybridized carbons (Fsp3) is 0.304. The number of halogens is 1. The molecule has 2 amide bonds. The van der Waals surface area contributed by atoms with E-state index in [2.05, 4.69) is 20.4 Å². The minimum Gasteiger partial charge on any atom is -0.373 e. The Kier molecular flexibility index (Phi) is 5.10. The smallest absolute Gasteiger partial charge is 0.274 e. The molecule has 9 nitrogen and oxygen atoms in total. The fourth-order valence-corrected chi connectivity index (χ4v) is 4.42. The summed E-state index contributed by atoms with van der Waals surface area (Å²) in [6.07, 6.45) is 3.56. The minimum atomic E-state index is -0.296. The van der Waals surface area contributed by atoms with E-state index in [4.69, 9.17) is 16.3 Å². The first-order valence-corrected chi connectivity index (χ1v) is 10.9. The van der Waals surface area contributed by atoms with E-state index in [0.29, 0.717) is 40.0 Å². The molecule has 2 aliphatic heterocycles. The quantitative estimate of drug-likeness (QED) is 0.529. The van der Waals surface area contributed by atoms with Crippen molar-refractivity contribution in [2.24, 2.45) is 7.05 Å². The van der Waals surface area contributed by atoms with Crippen molar-refractivity contribution in [2.45, 2.75) is 26.5 Å². The topological polar surface area (TPSA) is 105 Å². The molecule has 3 aromatic rings. The lowest BCUT2D eigenvalue weighted by Gasteiger charge is -2.24. The standard InChI is InChI=1S/C23H23ClN6O3/c1-11-9-33-10-19-16(8-29(3)28-19)13-5-14-15(22(31)27-20(14)17(24)6-13)7-18-21(23(32)30(11)4)26-12(2)25-18/h5-8,11H,9-10H2,1-4H3,(H,25,26)(H,27,31)/b15-7-/t11-/m1/s1. The average Bonchev–Trinajstić information content (AvgIpc) is 3.42. The summed E-state index contributed by atoms with van der Waals surface area (Å²) in [5.41, 5.74) is 4.75. The number of aromatic amines is 1. The highest BCUT2D eigenvalue weighted by Gasteiger charge is 2.30. The lowest BCUT2D eigenvalue weighted by atomic mass is 9.99. The largest absolute Gasteiger partial charge is 0.373 e. The van der Waals surface area contributed by atoms with Crippen LogP contribution in [0.4, 0.5) is 5.69 Å². The Morgan fingerprint density at radius 2 is 2.00 bits per heavy atom. The normalized spacial score (nSPS) is 19.8. The highest BCUT2D eigenvalue weighted by molar-refractivity contribution is 6.41. The highest BCUT2D eigenvalue weighted by atomic mass is 35.5. The molecule has 1 aromatic carbocycles. The molecular formula is C23H23ClN6O3. The molecule has 2 aliphatic rings. The summed E-state index contributed by atoms with van der Waals surface area (Å²) in [6, 6.07) is 3.52. The molecule has 33 heavy (non-hydrogen) atoms. The molecular weight excluding hydrogens is 444 g/mol. The number of carbonyl (C=O) groups is 2. The second-order valence-corrected chi connectivity index (χ2v) is 8.83. The number of ether oxygens (including phenoxy) is 1. The van der Waals surface area contributed by atoms with Gasteiger partial charge in [0.1, 0.15) is 5.82 Å². The van der Waals surface area contributed by atoms with Crippen molar-refractivity contribution < 1.29 is 14.3 Å². The van der Waals surface area contributed by atoms with Crippen molar-refractivity contribution in [3.8, 4) is 11.1 Å². The second kappa shape index (κ2) is 7.86. The average molecular weight is 467 g/mol. The third-order valence-electron chi connectivity index (χ3n) is 6.00. The molecule has 0 radical (unpaired) electrons. The Labute approximate surface area is 195 Å². The number of fused-ring (bicyclic) bond motifs is 4. The maximum absolute atomic E-state index is 13.2. The number of imidazole rings is 1. The van der Waals surface area contributed by atoms with Crippen LogP contribution in [-0.4, -0.2) is 56.2 Å². The number of amides is 2. The van der Waals surface area contributed by atoms with Gasteiger partial charge in [-0.2, -0.15) is 5.10 Å². The van der Waals surface area contributed by atoms with Crippen molar-refractivity contribution in [2.75, 3.05) is 19.0 Å². The summed E-state index contributed by atoms with van der Waals surface area (Å²) >= 11 is 6.57. The zero-order chi connectivity index (χ0) is 23.4. The highest BCUT2D eigenvalue weighted by Crippen LogP contribution is 2.42. The van der Waals surface area contributed by atoms with Crippen LogP contribution in [0.3, 0.4) is 0 Å². The van der Waals surface area contributed by atoms with Gasteiger partial charge in [0.2, 0.25) is 0 Å². The van der Waals surface area contributed by atoms with Crippen LogP contribution in [0.25, 0.3) is 22.8 Å². The molecule has 170 valence electrons. The van der Waals surface area contributed by atoms with E-state index in [0.717, 1.165) is 16.8 Å². The Bertz CT molecular complexity index is 1340. The number of rotatable bonds is 0. The Hall–Kier alpha value is -3.43. The number of H-pyrrole nitrogens is 1. The van der Waals surface area contributed by atoms with Crippen molar-refractivity contribution >= 4 is 40.8 Å². The molecule has 10 heteroatoms. The third-order valence-corrected chi connectivity index (χ3v) is 6.30. The van der Waals surface area contributed by atoms with Gasteiger partial charge in [0.25, 0.3) is 11.8 Å². The Morgan fingerprint density at radius 1 is 1.21 bits per heavy atom. The van der Waals surface area contributed by atoms with Gasteiger partial charge >= 0.3 is 0 Å². The van der Waals surface area contributed by atoms with Gasteiger partial charge in [0.05, 0.1) is 46.9 Å². The molecule has 4 heterocycles. The molecule has 0 unspecified atom stereocenters. The third kappa shape index (κ3) is 3.63. The number of hydrogen-bond acceptors (Lipinski definition) is 5. The fourth-order valence-electron chi connectivity index (χ4n) is 4.16. The molecule has 0 saturated heterocycles. The Morgan fingerprint density at radius 3 is 2.79 bits per heavy atom. The van der Waals surface area contributed by atoms with Gasteiger partial charge in [-0.15, -0.1) is 0 Å². The van der Waals surface area contributed by atoms with E-state index >= 15 is 0 Å². The molecule has 2 aromatic heterocycles. The van der Waals surface area contributed by atoms with Crippen LogP contribution in [0, 0.1) is 6.92 Å². The molecule has 2 N–H and O–H groups in total. The number of aromatic nitrogens is 4. The van der Waals surface area contributed by atoms with Crippen LogP contribution >= 0.6 is 11.6 Å². The number of nitrogens with zero attached hydrogens (tertiary/aromatic N) is 4. The summed E-state index contributed by atoms with van der Waals surface area (Å²) in [4.78, 5) is 35.2. The van der Waals surface area contributed by atoms with E-state index in [1.165, 1.54) is 0 Å². The van der Waals surface area contributed by atoms with E-state index in [9.17, 15) is 9.59 Å². The number of likely N-dealkylation sites (N-methyl/N-ethyl adjacent to an activating group) is 1. The van der Waals surface area contributed by atoms with Gasteiger partial charge < -0.3 is 19.9 Å². The summed E-state index contributed by atoms with van der Waals surface area (Å²) in [5.74, 6) is 0.0191. The first-order valence-electron chi connectivity index (χ1n) is 10.5. The van der Waals surface area contributed by atoms with Crippen molar-refractivity contribution in [1.29, 1.82) is 0 Å². The van der Waals surface area contributed by atoms with Crippen LogP contribution in [-0.2, 0) is 23.2 Å². The van der Waals surface area contributed by atoms with Crippen LogP contribution in [0.1, 0.15) is 40.2 Å². The number of hydrogen-bond donors (Lipinski definition) is 2. The van der Waals surface area contributed by atoms with Gasteiger partial charge in [0, 0.05) is 31.4 Å². The Balaban J connectivity index is 1.75. The minimum absolute atomic E-state index is 0.204. The van der Waals surface area contributed by atoms with E-state index in [1.54, 1.807) is 29.6 Å². The molecule has 0 aliphatic carbocycles. The van der Waals surface area contributed by atoms with Gasteiger partial charge in [0.15, 0.2) is 5.69 Å². The van der Waals surface area contributed by atoms with E-state index in [1.807, 2.05) is 32.3 Å². The van der Waals surface area contributed by atoms with Gasteiger partial charge in [-0.25, -0.2) is 4.98 Å². The van der Waals surface area contributed by atoms with Gasteiger partial charge in [-0.05, 0) is 37.6 Å². The molecule has 5 rings (SSSR count). The summed E-state index contributed by atoms with van der Waals surface area (Å²) in [6.45, 7) is 4.27. The lowest BCUT2D eigenvalue weighted by molar-refractivity contribution is -0.110. The first-order chi connectivity index (χ1) is 15.7. The van der Waals surface area contributed by atoms with E-state index in [-0.39, 0.29) is 30.2 Å². The van der Waals surface area contributed by atoms with Gasteiger partial charge in [-0.1, -0.05) is 11.6 Å². The van der Waals surface area contributed by atoms with Crippen molar-refractivity contribution in [3.63, 3.8) is 0 Å². The van der Waals surface area contributed by atoms with Crippen LogP contribution in [0.5, 0.6) is 0 Å². The molecule has 0 fully saturated rings. The maximum Gasteiger partial charge on any atom is 0.274 e. The predicted octanol–water partition coefficient (Wildman–Crippen LogP) is 3.26. The number of anilines is 1. The van der Waals surface area contributed by atoms with Crippen LogP contribution in [0.2, 0.25) is 5.02 Å². The van der Waals surface area contributed by atoms with Crippen molar-refractivity contribution in [3.05, 3.63) is 51.8 Å². The number of carbonyl (C=O) groups excluding carboxylic acids is 2.